The number of methoxy groups -OCH3 is 1. The van der Waals surface area contributed by atoms with Crippen molar-refractivity contribution in [2.45, 2.75) is 6.04 Å². The van der Waals surface area contributed by atoms with Gasteiger partial charge >= 0.3 is 5.97 Å². The Labute approximate surface area is 110 Å². The van der Waals surface area contributed by atoms with Gasteiger partial charge in [-0.2, -0.15) is 0 Å². The monoisotopic (exact) mass is 265 g/mol. The van der Waals surface area contributed by atoms with Gasteiger partial charge in [-0.15, -0.1) is 0 Å². The number of nitrogens with two attached hydrogens (primary N) is 1. The van der Waals surface area contributed by atoms with Crippen LogP contribution in [0.2, 0.25) is 0 Å². The molecule has 1 aliphatic rings. The Kier molecular flexibility index (Phi) is 3.96. The molecule has 7 heteroatoms. The molecule has 1 unspecified atom stereocenters. The molecule has 7 nitrogen and oxygen atoms in total. The maximum absolute atomic E-state index is 12.3. The molecule has 1 saturated heterocycles. The number of hydrogen-bond acceptors (Lipinski definition) is 6. The zero-order valence-corrected chi connectivity index (χ0v) is 10.5. The van der Waals surface area contributed by atoms with E-state index < -0.39 is 12.0 Å². The SMILES string of the molecule is COC(=O)C1COCCN1C(=O)c1ccc(N)cn1. The number of nitrogen functional groups attached to an aromatic ring is 1. The van der Waals surface area contributed by atoms with Crippen LogP contribution in [0, 0.1) is 0 Å². The van der Waals surface area contributed by atoms with Gasteiger partial charge in [0.25, 0.3) is 5.91 Å². The summed E-state index contributed by atoms with van der Waals surface area (Å²) in [6.07, 6.45) is 1.40. The van der Waals surface area contributed by atoms with Crippen LogP contribution < -0.4 is 5.73 Å². The molecule has 2 heterocycles. The normalized spacial score (nSPS) is 19.0. The van der Waals surface area contributed by atoms with Crippen LogP contribution in [0.15, 0.2) is 18.3 Å². The lowest BCUT2D eigenvalue weighted by Crippen LogP contribution is -2.53. The number of hydrogen-bond donors (Lipinski definition) is 1. The van der Waals surface area contributed by atoms with Crippen LogP contribution in [-0.4, -0.2) is 54.7 Å². The Bertz CT molecular complexity index is 474. The van der Waals surface area contributed by atoms with Crippen LogP contribution in [0.5, 0.6) is 0 Å². The smallest absolute Gasteiger partial charge is 0.331 e. The van der Waals surface area contributed by atoms with Gasteiger partial charge in [0.1, 0.15) is 5.69 Å². The van der Waals surface area contributed by atoms with Gasteiger partial charge in [-0.25, -0.2) is 9.78 Å². The Hall–Kier alpha value is -2.15. The first-order valence-corrected chi connectivity index (χ1v) is 5.81. The Morgan fingerprint density at radius 2 is 2.32 bits per heavy atom. The maximum atomic E-state index is 12.3. The summed E-state index contributed by atoms with van der Waals surface area (Å²) >= 11 is 0. The molecule has 0 aliphatic carbocycles. The van der Waals surface area contributed by atoms with Crippen LogP contribution in [-0.2, 0) is 14.3 Å². The fourth-order valence-corrected chi connectivity index (χ4v) is 1.86. The number of amides is 1. The number of ether oxygens (including phenoxy) is 2. The third-order valence-corrected chi connectivity index (χ3v) is 2.87. The lowest BCUT2D eigenvalue weighted by Gasteiger charge is -2.33. The van der Waals surface area contributed by atoms with Gasteiger partial charge in [0.05, 0.1) is 32.2 Å². The highest BCUT2D eigenvalue weighted by molar-refractivity contribution is 5.95. The number of nitrogens with zero attached hydrogens (tertiary/aromatic N) is 2. The first-order chi connectivity index (χ1) is 9.13. The van der Waals surface area contributed by atoms with Crippen molar-refractivity contribution in [1.29, 1.82) is 0 Å². The third kappa shape index (κ3) is 2.82. The highest BCUT2D eigenvalue weighted by atomic mass is 16.5. The van der Waals surface area contributed by atoms with Crippen LogP contribution in [0.25, 0.3) is 0 Å². The van der Waals surface area contributed by atoms with Gasteiger partial charge in [0, 0.05) is 6.54 Å². The molecule has 1 aromatic rings. The van der Waals surface area contributed by atoms with Crippen molar-refractivity contribution in [2.24, 2.45) is 0 Å². The van der Waals surface area contributed by atoms with Crippen LogP contribution in [0.1, 0.15) is 10.5 Å². The highest BCUT2D eigenvalue weighted by Gasteiger charge is 2.34. The van der Waals surface area contributed by atoms with Gasteiger partial charge in [0.2, 0.25) is 0 Å². The van der Waals surface area contributed by atoms with E-state index in [0.29, 0.717) is 18.8 Å². The summed E-state index contributed by atoms with van der Waals surface area (Å²) in [5.74, 6) is -0.831. The standard InChI is InChI=1S/C12H15N3O4/c1-18-12(17)10-7-19-5-4-15(10)11(16)9-3-2-8(13)6-14-9/h2-3,6,10H,4-5,7,13H2,1H3. The van der Waals surface area contributed by atoms with Crippen molar-refractivity contribution in [3.8, 4) is 0 Å². The van der Waals surface area contributed by atoms with E-state index in [1.165, 1.54) is 24.3 Å². The summed E-state index contributed by atoms with van der Waals surface area (Å²) < 4.78 is 9.88. The zero-order valence-electron chi connectivity index (χ0n) is 10.5. The zero-order chi connectivity index (χ0) is 13.8. The van der Waals surface area contributed by atoms with Gasteiger partial charge in [-0.05, 0) is 12.1 Å². The summed E-state index contributed by atoms with van der Waals surface area (Å²) in [5, 5.41) is 0. The number of carbonyl (C=O) groups excluding carboxylic acids is 2. The van der Waals surface area contributed by atoms with Crippen molar-refractivity contribution >= 4 is 17.6 Å². The minimum absolute atomic E-state index is 0.132. The van der Waals surface area contributed by atoms with Gasteiger partial charge in [-0.1, -0.05) is 0 Å². The minimum Gasteiger partial charge on any atom is -0.467 e. The summed E-state index contributed by atoms with van der Waals surface area (Å²) in [6, 6.07) is 2.39. The van der Waals surface area contributed by atoms with Crippen LogP contribution in [0.3, 0.4) is 0 Å². The number of carbonyl (C=O) groups is 2. The average molecular weight is 265 g/mol. The number of anilines is 1. The molecule has 102 valence electrons. The van der Waals surface area contributed by atoms with Crippen molar-refractivity contribution in [2.75, 3.05) is 32.6 Å². The van der Waals surface area contributed by atoms with E-state index in [2.05, 4.69) is 9.72 Å². The molecular weight excluding hydrogens is 250 g/mol. The predicted molar refractivity (Wildman–Crippen MR) is 66.3 cm³/mol. The molecule has 1 aliphatic heterocycles. The summed E-state index contributed by atoms with van der Waals surface area (Å²) in [4.78, 5) is 29.3. The molecular formula is C12H15N3O4. The lowest BCUT2D eigenvalue weighted by molar-refractivity contribution is -0.151. The van der Waals surface area contributed by atoms with Crippen molar-refractivity contribution in [3.63, 3.8) is 0 Å². The van der Waals surface area contributed by atoms with E-state index in [1.54, 1.807) is 6.07 Å². The first kappa shape index (κ1) is 13.3. The molecule has 1 amide bonds. The second-order valence-corrected chi connectivity index (χ2v) is 4.09. The lowest BCUT2D eigenvalue weighted by atomic mass is 10.2. The van der Waals surface area contributed by atoms with E-state index in [9.17, 15) is 9.59 Å². The molecule has 0 bridgehead atoms. The molecule has 0 aromatic carbocycles. The molecule has 1 atom stereocenters. The average Bonchev–Trinajstić information content (AvgIpc) is 2.46. The molecule has 1 fully saturated rings. The Morgan fingerprint density at radius 1 is 1.53 bits per heavy atom. The molecule has 19 heavy (non-hydrogen) atoms. The number of aromatic nitrogens is 1. The van der Waals surface area contributed by atoms with E-state index in [0.717, 1.165) is 0 Å². The van der Waals surface area contributed by atoms with Crippen molar-refractivity contribution in [1.82, 2.24) is 9.88 Å². The molecule has 2 rings (SSSR count). The third-order valence-electron chi connectivity index (χ3n) is 2.87. The molecule has 1 aromatic heterocycles. The van der Waals surface area contributed by atoms with E-state index in [1.807, 2.05) is 0 Å². The summed E-state index contributed by atoms with van der Waals surface area (Å²) in [6.45, 7) is 0.840. The molecule has 2 N–H and O–H groups in total. The summed E-state index contributed by atoms with van der Waals surface area (Å²) in [7, 11) is 1.28. The van der Waals surface area contributed by atoms with Crippen LogP contribution in [0.4, 0.5) is 5.69 Å². The quantitative estimate of drug-likeness (QED) is 0.736. The minimum atomic E-state index is -0.731. The molecule has 0 spiro atoms. The van der Waals surface area contributed by atoms with E-state index in [-0.39, 0.29) is 18.2 Å². The number of morpholine rings is 1. The number of esters is 1. The van der Waals surface area contributed by atoms with Gasteiger partial charge in [0.15, 0.2) is 6.04 Å². The fraction of sp³-hybridized carbons (Fsp3) is 0.417. The number of rotatable bonds is 2. The first-order valence-electron chi connectivity index (χ1n) is 5.81. The molecule has 0 saturated carbocycles. The predicted octanol–water partition coefficient (Wildman–Crippen LogP) is -0.322. The van der Waals surface area contributed by atoms with Gasteiger partial charge < -0.3 is 20.1 Å². The number of pyridine rings is 1. The van der Waals surface area contributed by atoms with Crippen molar-refractivity contribution in [3.05, 3.63) is 24.0 Å². The van der Waals surface area contributed by atoms with E-state index >= 15 is 0 Å². The second-order valence-electron chi connectivity index (χ2n) is 4.09. The fourth-order valence-electron chi connectivity index (χ4n) is 1.86. The Balaban J connectivity index is 2.20. The molecule has 0 radical (unpaired) electrons. The van der Waals surface area contributed by atoms with Crippen LogP contribution >= 0.6 is 0 Å². The highest BCUT2D eigenvalue weighted by Crippen LogP contribution is 2.13. The Morgan fingerprint density at radius 3 is 2.95 bits per heavy atom. The topological polar surface area (TPSA) is 94.8 Å². The second kappa shape index (κ2) is 5.66. The maximum Gasteiger partial charge on any atom is 0.331 e. The summed E-state index contributed by atoms with van der Waals surface area (Å²) in [5.41, 5.74) is 6.24. The van der Waals surface area contributed by atoms with Gasteiger partial charge in [-0.3, -0.25) is 4.79 Å². The van der Waals surface area contributed by atoms with Crippen molar-refractivity contribution < 1.29 is 19.1 Å². The largest absolute Gasteiger partial charge is 0.467 e. The van der Waals surface area contributed by atoms with E-state index in [4.69, 9.17) is 10.5 Å².